The van der Waals surface area contributed by atoms with Gasteiger partial charge in [-0.25, -0.2) is 9.78 Å². The van der Waals surface area contributed by atoms with Gasteiger partial charge in [0.25, 0.3) is 5.91 Å². The van der Waals surface area contributed by atoms with Gasteiger partial charge in [0, 0.05) is 35.5 Å². The van der Waals surface area contributed by atoms with Crippen LogP contribution in [-0.4, -0.2) is 34.6 Å². The molecule has 2 aromatic carbocycles. The summed E-state index contributed by atoms with van der Waals surface area (Å²) in [6, 6.07) is 20.5. The number of carbonyl (C=O) groups excluding carboxylic acids is 2. The summed E-state index contributed by atoms with van der Waals surface area (Å²) in [5.41, 5.74) is 2.75. The molecule has 4 aliphatic carbocycles. The van der Waals surface area contributed by atoms with Gasteiger partial charge < -0.3 is 10.1 Å². The van der Waals surface area contributed by atoms with E-state index in [0.29, 0.717) is 39.7 Å². The third-order valence-electron chi connectivity index (χ3n) is 9.54. The number of rotatable bonds is 6. The monoisotopic (exact) mass is 547 g/mol. The van der Waals surface area contributed by atoms with Crippen LogP contribution in [0.4, 0.5) is 0 Å². The number of benzene rings is 2. The lowest BCUT2D eigenvalue weighted by Crippen LogP contribution is -2.55. The third-order valence-corrected chi connectivity index (χ3v) is 9.54. The first-order valence-electron chi connectivity index (χ1n) is 14.6. The fraction of sp³-hybridized carbons (Fsp3) is 0.353. The Labute approximate surface area is 238 Å². The molecular weight excluding hydrogens is 514 g/mol. The summed E-state index contributed by atoms with van der Waals surface area (Å²) < 4.78 is 6.86. The molecule has 4 bridgehead atoms. The maximum absolute atomic E-state index is 13.8. The zero-order valence-corrected chi connectivity index (χ0v) is 23.1. The van der Waals surface area contributed by atoms with Gasteiger partial charge in [0.05, 0.1) is 12.5 Å². The Morgan fingerprint density at radius 1 is 0.902 bits per heavy atom. The maximum Gasteiger partial charge on any atom is 0.355 e. The lowest BCUT2D eigenvalue weighted by Gasteiger charge is -2.54. The van der Waals surface area contributed by atoms with Gasteiger partial charge in [-0.2, -0.15) is 0 Å². The molecule has 4 saturated carbocycles. The van der Waals surface area contributed by atoms with E-state index in [9.17, 15) is 14.4 Å². The molecule has 7 heteroatoms. The number of methoxy groups -OCH3 is 1. The Hall–Kier alpha value is -4.26. The molecule has 4 fully saturated rings. The minimum Gasteiger partial charge on any atom is -0.464 e. The quantitative estimate of drug-likeness (QED) is 0.330. The van der Waals surface area contributed by atoms with Crippen LogP contribution in [0.3, 0.4) is 0 Å². The second-order valence-corrected chi connectivity index (χ2v) is 12.0. The number of aromatic nitrogens is 2. The molecule has 0 spiro atoms. The van der Waals surface area contributed by atoms with E-state index in [1.165, 1.54) is 39.2 Å². The number of amides is 1. The third kappa shape index (κ3) is 4.53. The van der Waals surface area contributed by atoms with Crippen molar-refractivity contribution in [1.29, 1.82) is 0 Å². The van der Waals surface area contributed by atoms with Crippen LogP contribution >= 0.6 is 0 Å². The van der Waals surface area contributed by atoms with E-state index in [4.69, 9.17) is 4.74 Å². The first-order valence-corrected chi connectivity index (χ1v) is 14.6. The topological polar surface area (TPSA) is 90.3 Å². The number of fused-ring (bicyclic) bond motifs is 1. The van der Waals surface area contributed by atoms with E-state index < -0.39 is 5.97 Å². The predicted molar refractivity (Wildman–Crippen MR) is 156 cm³/mol. The summed E-state index contributed by atoms with van der Waals surface area (Å²) in [6.45, 7) is 0. The van der Waals surface area contributed by atoms with Gasteiger partial charge in [0.15, 0.2) is 5.43 Å². The van der Waals surface area contributed by atoms with Crippen LogP contribution in [0.5, 0.6) is 0 Å². The second kappa shape index (κ2) is 10.3. The van der Waals surface area contributed by atoms with Crippen molar-refractivity contribution < 1.29 is 14.3 Å². The molecule has 2 heterocycles. The van der Waals surface area contributed by atoms with Crippen molar-refractivity contribution in [3.63, 3.8) is 0 Å². The van der Waals surface area contributed by atoms with Crippen molar-refractivity contribution in [2.75, 3.05) is 7.11 Å². The molecular formula is C34H33N3O4. The number of para-hydroxylation sites is 1. The van der Waals surface area contributed by atoms with Crippen LogP contribution in [0.2, 0.25) is 0 Å². The number of nitrogens with one attached hydrogen (secondary N) is 1. The second-order valence-electron chi connectivity index (χ2n) is 12.0. The van der Waals surface area contributed by atoms with Gasteiger partial charge >= 0.3 is 5.97 Å². The predicted octanol–water partition coefficient (Wildman–Crippen LogP) is 5.32. The lowest BCUT2D eigenvalue weighted by molar-refractivity contribution is -0.0119. The van der Waals surface area contributed by atoms with Gasteiger partial charge in [-0.3, -0.25) is 14.2 Å². The number of esters is 1. The molecule has 41 heavy (non-hydrogen) atoms. The highest BCUT2D eigenvalue weighted by molar-refractivity contribution is 5.95. The van der Waals surface area contributed by atoms with E-state index in [1.54, 1.807) is 22.9 Å². The Kier molecular flexibility index (Phi) is 6.45. The minimum atomic E-state index is -0.611. The number of carbonyl (C=O) groups is 2. The average Bonchev–Trinajstić information content (AvgIpc) is 3.00. The number of hydrogen-bond donors (Lipinski definition) is 1. The number of ether oxygens (including phenoxy) is 1. The van der Waals surface area contributed by atoms with Crippen LogP contribution in [-0.2, 0) is 11.2 Å². The van der Waals surface area contributed by atoms with Crippen molar-refractivity contribution in [3.05, 3.63) is 106 Å². The molecule has 7 nitrogen and oxygen atoms in total. The Bertz CT molecular complexity index is 1670. The van der Waals surface area contributed by atoms with Crippen LogP contribution in [0.15, 0.2) is 77.7 Å². The molecule has 1 N–H and O–H groups in total. The number of pyridine rings is 2. The van der Waals surface area contributed by atoms with Crippen molar-refractivity contribution in [2.45, 2.75) is 44.6 Å². The highest BCUT2D eigenvalue weighted by Gasteiger charge is 2.48. The number of hydrogen-bond acceptors (Lipinski definition) is 5. The SMILES string of the molecule is COC(=O)c1c(Cc2ccc(C(=O)NC3C4CC5CC(C4)CC3C5)cc2)c(=O)c2cccnc2n1-c1ccccc1. The van der Waals surface area contributed by atoms with Crippen molar-refractivity contribution in [2.24, 2.45) is 23.7 Å². The Morgan fingerprint density at radius 3 is 2.24 bits per heavy atom. The van der Waals surface area contributed by atoms with Gasteiger partial charge in [0.2, 0.25) is 0 Å². The van der Waals surface area contributed by atoms with E-state index in [2.05, 4.69) is 10.3 Å². The molecule has 0 radical (unpaired) electrons. The van der Waals surface area contributed by atoms with Gasteiger partial charge in [-0.05, 0) is 97.7 Å². The molecule has 4 aromatic rings. The average molecular weight is 548 g/mol. The summed E-state index contributed by atoms with van der Waals surface area (Å²) in [5.74, 6) is 2.29. The highest BCUT2D eigenvalue weighted by atomic mass is 16.5. The lowest BCUT2D eigenvalue weighted by atomic mass is 9.54. The largest absolute Gasteiger partial charge is 0.464 e. The van der Waals surface area contributed by atoms with E-state index in [-0.39, 0.29) is 29.5 Å². The molecule has 0 aliphatic heterocycles. The highest BCUT2D eigenvalue weighted by Crippen LogP contribution is 2.53. The maximum atomic E-state index is 13.8. The van der Waals surface area contributed by atoms with Crippen LogP contribution in [0, 0.1) is 23.7 Å². The minimum absolute atomic E-state index is 0.0347. The fourth-order valence-corrected chi connectivity index (χ4v) is 7.94. The van der Waals surface area contributed by atoms with Crippen molar-refractivity contribution in [1.82, 2.24) is 14.9 Å². The van der Waals surface area contributed by atoms with E-state index >= 15 is 0 Å². The molecule has 4 aliphatic rings. The Morgan fingerprint density at radius 2 is 1.59 bits per heavy atom. The summed E-state index contributed by atoms with van der Waals surface area (Å²) in [6.07, 6.45) is 8.20. The molecule has 2 aromatic heterocycles. The van der Waals surface area contributed by atoms with Crippen molar-refractivity contribution >= 4 is 22.9 Å². The first kappa shape index (κ1) is 25.7. The van der Waals surface area contributed by atoms with Gasteiger partial charge in [0.1, 0.15) is 11.3 Å². The summed E-state index contributed by atoms with van der Waals surface area (Å²) in [5, 5.41) is 3.80. The molecule has 208 valence electrons. The van der Waals surface area contributed by atoms with E-state index in [0.717, 1.165) is 17.4 Å². The van der Waals surface area contributed by atoms with Gasteiger partial charge in [-0.15, -0.1) is 0 Å². The van der Waals surface area contributed by atoms with Crippen molar-refractivity contribution in [3.8, 4) is 5.69 Å². The molecule has 0 atom stereocenters. The molecule has 0 unspecified atom stereocenters. The standard InChI is InChI=1S/C34H33N3O4/c1-41-34(40)30-28(31(38)27-8-5-13-35-32(27)37(30)26-6-3-2-4-7-26)19-20-9-11-23(12-10-20)33(39)36-29-24-15-21-14-22(17-24)18-25(29)16-21/h2-13,21-22,24-25,29H,14-19H2,1H3,(H,36,39). The van der Waals surface area contributed by atoms with Crippen LogP contribution in [0.1, 0.15) is 64.1 Å². The normalized spacial score (nSPS) is 24.4. The van der Waals surface area contributed by atoms with Crippen LogP contribution in [0.25, 0.3) is 16.7 Å². The molecule has 0 saturated heterocycles. The van der Waals surface area contributed by atoms with E-state index in [1.807, 2.05) is 54.6 Å². The zero-order chi connectivity index (χ0) is 28.1. The molecule has 8 rings (SSSR count). The van der Waals surface area contributed by atoms with Crippen LogP contribution < -0.4 is 10.7 Å². The van der Waals surface area contributed by atoms with Gasteiger partial charge in [-0.1, -0.05) is 30.3 Å². The molecule has 1 amide bonds. The Balaban J connectivity index is 1.21. The summed E-state index contributed by atoms with van der Waals surface area (Å²) in [7, 11) is 1.31. The first-order chi connectivity index (χ1) is 20.0. The summed E-state index contributed by atoms with van der Waals surface area (Å²) >= 11 is 0. The number of nitrogens with zero attached hydrogens (tertiary/aromatic N) is 2. The zero-order valence-electron chi connectivity index (χ0n) is 23.1. The fourth-order valence-electron chi connectivity index (χ4n) is 7.94. The smallest absolute Gasteiger partial charge is 0.355 e. The summed E-state index contributed by atoms with van der Waals surface area (Å²) in [4.78, 5) is 44.7.